The fourth-order valence-corrected chi connectivity index (χ4v) is 2.01. The smallest absolute Gasteiger partial charge is 0.196 e. The van der Waals surface area contributed by atoms with Crippen molar-refractivity contribution < 1.29 is 9.53 Å². The predicted octanol–water partition coefficient (Wildman–Crippen LogP) is 3.11. The number of anilines is 1. The summed E-state index contributed by atoms with van der Waals surface area (Å²) >= 11 is 2.20. The Morgan fingerprint density at radius 2 is 1.83 bits per heavy atom. The van der Waals surface area contributed by atoms with Crippen LogP contribution >= 0.6 is 22.6 Å². The molecule has 0 spiro atoms. The lowest BCUT2D eigenvalue weighted by Gasteiger charge is -2.08. The van der Waals surface area contributed by atoms with Crippen molar-refractivity contribution in [3.63, 3.8) is 0 Å². The molecule has 0 fully saturated rings. The van der Waals surface area contributed by atoms with Gasteiger partial charge in [0.25, 0.3) is 0 Å². The van der Waals surface area contributed by atoms with Crippen molar-refractivity contribution in [1.82, 2.24) is 0 Å². The molecule has 0 aromatic heterocycles. The molecule has 0 aliphatic heterocycles. The van der Waals surface area contributed by atoms with Gasteiger partial charge in [-0.25, -0.2) is 0 Å². The van der Waals surface area contributed by atoms with E-state index in [2.05, 4.69) is 22.6 Å². The highest BCUT2D eigenvalue weighted by molar-refractivity contribution is 14.1. The number of ether oxygens (including phenoxy) is 1. The average Bonchev–Trinajstić information content (AvgIpc) is 2.38. The summed E-state index contributed by atoms with van der Waals surface area (Å²) in [7, 11) is 1.53. The van der Waals surface area contributed by atoms with Crippen LogP contribution in [0.25, 0.3) is 0 Å². The molecule has 0 aliphatic carbocycles. The second kappa shape index (κ2) is 5.39. The summed E-state index contributed by atoms with van der Waals surface area (Å²) in [6, 6.07) is 12.5. The summed E-state index contributed by atoms with van der Waals surface area (Å²) in [5, 5.41) is 0. The van der Waals surface area contributed by atoms with E-state index in [1.807, 2.05) is 12.1 Å². The molecule has 2 aromatic rings. The van der Waals surface area contributed by atoms with Crippen LogP contribution < -0.4 is 10.5 Å². The number of rotatable bonds is 3. The maximum absolute atomic E-state index is 12.3. The van der Waals surface area contributed by atoms with Gasteiger partial charge in [0.05, 0.1) is 12.7 Å². The second-order valence-electron chi connectivity index (χ2n) is 3.80. The summed E-state index contributed by atoms with van der Waals surface area (Å²) in [5.41, 5.74) is 7.40. The molecule has 0 unspecified atom stereocenters. The molecule has 0 saturated carbocycles. The van der Waals surface area contributed by atoms with Crippen molar-refractivity contribution in [2.75, 3.05) is 12.8 Å². The fraction of sp³-hybridized carbons (Fsp3) is 0.0714. The standard InChI is InChI=1S/C14H12INO2/c1-18-13-8-11(16)6-7-12(13)14(17)9-2-4-10(15)5-3-9/h2-8H,16H2,1H3. The fourth-order valence-electron chi connectivity index (χ4n) is 1.65. The first kappa shape index (κ1) is 12.9. The summed E-state index contributed by atoms with van der Waals surface area (Å²) in [6.07, 6.45) is 0. The van der Waals surface area contributed by atoms with E-state index in [1.165, 1.54) is 7.11 Å². The largest absolute Gasteiger partial charge is 0.496 e. The highest BCUT2D eigenvalue weighted by atomic mass is 127. The van der Waals surface area contributed by atoms with Gasteiger partial charge in [-0.3, -0.25) is 4.79 Å². The van der Waals surface area contributed by atoms with Gasteiger partial charge >= 0.3 is 0 Å². The van der Waals surface area contributed by atoms with E-state index in [1.54, 1.807) is 30.3 Å². The third kappa shape index (κ3) is 2.64. The Labute approximate surface area is 119 Å². The number of carbonyl (C=O) groups excluding carboxylic acids is 1. The van der Waals surface area contributed by atoms with Crippen molar-refractivity contribution in [2.45, 2.75) is 0 Å². The van der Waals surface area contributed by atoms with Gasteiger partial charge in [0.15, 0.2) is 5.78 Å². The molecule has 2 rings (SSSR count). The molecule has 0 saturated heterocycles. The number of hydrogen-bond acceptors (Lipinski definition) is 3. The van der Waals surface area contributed by atoms with Crippen molar-refractivity contribution in [3.8, 4) is 5.75 Å². The van der Waals surface area contributed by atoms with Gasteiger partial charge < -0.3 is 10.5 Å². The SMILES string of the molecule is COc1cc(N)ccc1C(=O)c1ccc(I)cc1. The lowest BCUT2D eigenvalue weighted by molar-refractivity contribution is 0.103. The molecule has 0 amide bonds. The van der Waals surface area contributed by atoms with Crippen LogP contribution in [0.1, 0.15) is 15.9 Å². The number of benzene rings is 2. The highest BCUT2D eigenvalue weighted by Gasteiger charge is 2.14. The van der Waals surface area contributed by atoms with Crippen LogP contribution in [0.3, 0.4) is 0 Å². The monoisotopic (exact) mass is 353 g/mol. The van der Waals surface area contributed by atoms with Crippen LogP contribution in [0.5, 0.6) is 5.75 Å². The van der Waals surface area contributed by atoms with E-state index in [-0.39, 0.29) is 5.78 Å². The summed E-state index contributed by atoms with van der Waals surface area (Å²) in [5.74, 6) is 0.432. The molecular weight excluding hydrogens is 341 g/mol. The van der Waals surface area contributed by atoms with Crippen LogP contribution in [0.15, 0.2) is 42.5 Å². The predicted molar refractivity (Wildman–Crippen MR) is 80.0 cm³/mol. The minimum Gasteiger partial charge on any atom is -0.496 e. The van der Waals surface area contributed by atoms with Crippen LogP contribution in [0.4, 0.5) is 5.69 Å². The number of methoxy groups -OCH3 is 1. The van der Waals surface area contributed by atoms with Gasteiger partial charge in [0, 0.05) is 20.9 Å². The molecule has 0 radical (unpaired) electrons. The van der Waals surface area contributed by atoms with Crippen molar-refractivity contribution in [1.29, 1.82) is 0 Å². The first-order valence-corrected chi connectivity index (χ1v) is 6.43. The molecule has 0 atom stereocenters. The molecule has 18 heavy (non-hydrogen) atoms. The highest BCUT2D eigenvalue weighted by Crippen LogP contribution is 2.24. The zero-order valence-electron chi connectivity index (χ0n) is 9.81. The van der Waals surface area contributed by atoms with E-state index >= 15 is 0 Å². The average molecular weight is 353 g/mol. The van der Waals surface area contributed by atoms with E-state index in [9.17, 15) is 4.79 Å². The van der Waals surface area contributed by atoms with Gasteiger partial charge in [0.1, 0.15) is 5.75 Å². The third-order valence-electron chi connectivity index (χ3n) is 2.58. The summed E-state index contributed by atoms with van der Waals surface area (Å²) in [4.78, 5) is 12.3. The maximum atomic E-state index is 12.3. The quantitative estimate of drug-likeness (QED) is 0.524. The molecule has 2 aromatic carbocycles. The van der Waals surface area contributed by atoms with Crippen LogP contribution in [-0.4, -0.2) is 12.9 Å². The zero-order chi connectivity index (χ0) is 13.1. The van der Waals surface area contributed by atoms with Crippen molar-refractivity contribution in [2.24, 2.45) is 0 Å². The normalized spacial score (nSPS) is 10.1. The first-order chi connectivity index (χ1) is 8.61. The number of halogens is 1. The molecule has 0 bridgehead atoms. The Morgan fingerprint density at radius 3 is 2.44 bits per heavy atom. The zero-order valence-corrected chi connectivity index (χ0v) is 12.0. The Kier molecular flexibility index (Phi) is 3.86. The number of hydrogen-bond donors (Lipinski definition) is 1. The molecule has 3 nitrogen and oxygen atoms in total. The molecule has 0 heterocycles. The lowest BCUT2D eigenvalue weighted by atomic mass is 10.0. The summed E-state index contributed by atoms with van der Waals surface area (Å²) < 4.78 is 6.28. The topological polar surface area (TPSA) is 52.3 Å². The Balaban J connectivity index is 2.42. The minimum atomic E-state index is -0.0664. The van der Waals surface area contributed by atoms with E-state index < -0.39 is 0 Å². The third-order valence-corrected chi connectivity index (χ3v) is 3.30. The van der Waals surface area contributed by atoms with Crippen LogP contribution in [0, 0.1) is 3.57 Å². The minimum absolute atomic E-state index is 0.0664. The van der Waals surface area contributed by atoms with Crippen LogP contribution in [0.2, 0.25) is 0 Å². The Bertz CT molecular complexity index is 579. The Hall–Kier alpha value is -1.56. The van der Waals surface area contributed by atoms with Gasteiger partial charge in [0.2, 0.25) is 0 Å². The maximum Gasteiger partial charge on any atom is 0.196 e. The first-order valence-electron chi connectivity index (χ1n) is 5.35. The molecule has 92 valence electrons. The number of nitrogens with two attached hydrogens (primary N) is 1. The number of ketones is 1. The lowest BCUT2D eigenvalue weighted by Crippen LogP contribution is -2.04. The number of carbonyl (C=O) groups is 1. The van der Waals surface area contributed by atoms with E-state index in [4.69, 9.17) is 10.5 Å². The van der Waals surface area contributed by atoms with Crippen molar-refractivity contribution >= 4 is 34.1 Å². The summed E-state index contributed by atoms with van der Waals surface area (Å²) in [6.45, 7) is 0. The van der Waals surface area contributed by atoms with Gasteiger partial charge in [-0.2, -0.15) is 0 Å². The van der Waals surface area contributed by atoms with E-state index in [0.717, 1.165) is 3.57 Å². The van der Waals surface area contributed by atoms with Gasteiger partial charge in [-0.15, -0.1) is 0 Å². The Morgan fingerprint density at radius 1 is 1.17 bits per heavy atom. The van der Waals surface area contributed by atoms with Gasteiger partial charge in [-0.1, -0.05) is 0 Å². The van der Waals surface area contributed by atoms with E-state index in [0.29, 0.717) is 22.6 Å². The molecular formula is C14H12INO2. The molecule has 4 heteroatoms. The van der Waals surface area contributed by atoms with Gasteiger partial charge in [-0.05, 0) is 59.0 Å². The number of nitrogen functional groups attached to an aromatic ring is 1. The second-order valence-corrected chi connectivity index (χ2v) is 5.04. The van der Waals surface area contributed by atoms with Crippen molar-refractivity contribution in [3.05, 3.63) is 57.2 Å². The molecule has 2 N–H and O–H groups in total. The molecule has 0 aliphatic rings. The van der Waals surface area contributed by atoms with Crippen LogP contribution in [-0.2, 0) is 0 Å².